The summed E-state index contributed by atoms with van der Waals surface area (Å²) in [7, 11) is 0. The Morgan fingerprint density at radius 2 is 1.95 bits per heavy atom. The number of hydrogen-bond donors (Lipinski definition) is 2. The van der Waals surface area contributed by atoms with Gasteiger partial charge in [-0.3, -0.25) is 4.79 Å². The molecule has 5 nitrogen and oxygen atoms in total. The van der Waals surface area contributed by atoms with Crippen LogP contribution in [0.4, 0.5) is 5.69 Å². The maximum atomic E-state index is 11.3. The fourth-order valence-electron chi connectivity index (χ4n) is 2.08. The van der Waals surface area contributed by atoms with Crippen molar-refractivity contribution in [3.63, 3.8) is 0 Å². The topological polar surface area (TPSA) is 67.6 Å². The van der Waals surface area contributed by atoms with Crippen molar-refractivity contribution in [2.75, 3.05) is 5.01 Å². The average Bonchev–Trinajstić information content (AvgIpc) is 3.01. The first-order chi connectivity index (χ1) is 9.75. The highest BCUT2D eigenvalue weighted by Crippen LogP contribution is 2.32. The van der Waals surface area contributed by atoms with E-state index in [0.29, 0.717) is 5.56 Å². The SMILES string of the molecule is NC(=O)c1ccc(-c2ccccc2)c(N2C=CON2)c1. The van der Waals surface area contributed by atoms with E-state index < -0.39 is 5.91 Å². The van der Waals surface area contributed by atoms with Gasteiger partial charge in [-0.15, -0.1) is 0 Å². The van der Waals surface area contributed by atoms with Crippen LogP contribution in [0.2, 0.25) is 0 Å². The van der Waals surface area contributed by atoms with Crippen molar-refractivity contribution in [1.82, 2.24) is 5.59 Å². The summed E-state index contributed by atoms with van der Waals surface area (Å²) in [5.41, 5.74) is 11.3. The van der Waals surface area contributed by atoms with Crippen LogP contribution in [0.25, 0.3) is 11.1 Å². The van der Waals surface area contributed by atoms with Crippen LogP contribution >= 0.6 is 0 Å². The summed E-state index contributed by atoms with van der Waals surface area (Å²) < 4.78 is 0. The third-order valence-electron chi connectivity index (χ3n) is 3.06. The van der Waals surface area contributed by atoms with Gasteiger partial charge >= 0.3 is 0 Å². The number of nitrogens with one attached hydrogen (secondary N) is 1. The van der Waals surface area contributed by atoms with Gasteiger partial charge in [-0.05, 0) is 17.7 Å². The van der Waals surface area contributed by atoms with Crippen LogP contribution in [0.5, 0.6) is 0 Å². The van der Waals surface area contributed by atoms with Crippen molar-refractivity contribution >= 4 is 11.6 Å². The van der Waals surface area contributed by atoms with E-state index in [-0.39, 0.29) is 0 Å². The normalized spacial score (nSPS) is 13.3. The molecule has 1 heterocycles. The van der Waals surface area contributed by atoms with E-state index in [9.17, 15) is 4.79 Å². The Bertz CT molecular complexity index is 668. The molecule has 0 spiro atoms. The van der Waals surface area contributed by atoms with Crippen LogP contribution in [-0.4, -0.2) is 5.91 Å². The fourth-order valence-corrected chi connectivity index (χ4v) is 2.08. The fraction of sp³-hybridized carbons (Fsp3) is 0. The minimum Gasteiger partial charge on any atom is -0.395 e. The number of hydrazine groups is 1. The van der Waals surface area contributed by atoms with Gasteiger partial charge in [0.25, 0.3) is 0 Å². The summed E-state index contributed by atoms with van der Waals surface area (Å²) in [6.07, 6.45) is 3.25. The third kappa shape index (κ3) is 2.22. The number of carbonyl (C=O) groups is 1. The number of anilines is 1. The molecule has 1 amide bonds. The standard InChI is InChI=1S/C15H13N3O2/c16-15(19)12-6-7-13(11-4-2-1-3-5-11)14(10-12)18-8-9-20-17-18/h1-10,17H,(H2,16,19). The maximum absolute atomic E-state index is 11.3. The molecule has 0 saturated carbocycles. The lowest BCUT2D eigenvalue weighted by atomic mass is 10.0. The Balaban J connectivity index is 2.13. The van der Waals surface area contributed by atoms with E-state index in [2.05, 4.69) is 5.59 Å². The molecule has 0 aromatic heterocycles. The molecular formula is C15H13N3O2. The molecule has 100 valence electrons. The van der Waals surface area contributed by atoms with Gasteiger partial charge in [0, 0.05) is 11.1 Å². The second-order valence-corrected chi connectivity index (χ2v) is 4.33. The van der Waals surface area contributed by atoms with Crippen molar-refractivity contribution in [3.05, 3.63) is 66.6 Å². The van der Waals surface area contributed by atoms with Crippen LogP contribution in [0, 0.1) is 0 Å². The van der Waals surface area contributed by atoms with Crippen molar-refractivity contribution in [2.45, 2.75) is 0 Å². The first-order valence-corrected chi connectivity index (χ1v) is 6.12. The molecule has 0 fully saturated rings. The van der Waals surface area contributed by atoms with Crippen LogP contribution in [-0.2, 0) is 4.84 Å². The van der Waals surface area contributed by atoms with Gasteiger partial charge in [0.05, 0.1) is 11.9 Å². The van der Waals surface area contributed by atoms with Crippen molar-refractivity contribution in [3.8, 4) is 11.1 Å². The molecule has 1 aliphatic rings. The minimum absolute atomic E-state index is 0.446. The Hall–Kier alpha value is -2.79. The second-order valence-electron chi connectivity index (χ2n) is 4.33. The summed E-state index contributed by atoms with van der Waals surface area (Å²) in [4.78, 5) is 16.3. The highest BCUT2D eigenvalue weighted by atomic mass is 16.7. The zero-order valence-corrected chi connectivity index (χ0v) is 10.6. The number of nitrogens with two attached hydrogens (primary N) is 1. The molecule has 3 N–H and O–H groups in total. The van der Waals surface area contributed by atoms with Crippen LogP contribution in [0.1, 0.15) is 10.4 Å². The molecule has 5 heteroatoms. The van der Waals surface area contributed by atoms with Crippen molar-refractivity contribution in [1.29, 1.82) is 0 Å². The molecular weight excluding hydrogens is 254 g/mol. The molecule has 3 rings (SSSR count). The zero-order valence-electron chi connectivity index (χ0n) is 10.6. The monoisotopic (exact) mass is 267 g/mol. The molecule has 0 atom stereocenters. The lowest BCUT2D eigenvalue weighted by molar-refractivity contribution is 0.1000. The largest absolute Gasteiger partial charge is 0.395 e. The lowest BCUT2D eigenvalue weighted by Crippen LogP contribution is -2.28. The molecule has 0 bridgehead atoms. The van der Waals surface area contributed by atoms with Gasteiger partial charge in [0.1, 0.15) is 6.26 Å². The Morgan fingerprint density at radius 1 is 1.15 bits per heavy atom. The van der Waals surface area contributed by atoms with Crippen molar-refractivity contribution < 1.29 is 9.63 Å². The summed E-state index contributed by atoms with van der Waals surface area (Å²) >= 11 is 0. The van der Waals surface area contributed by atoms with Gasteiger partial charge in [-0.1, -0.05) is 42.0 Å². The Labute approximate surface area is 116 Å². The van der Waals surface area contributed by atoms with E-state index >= 15 is 0 Å². The number of primary amides is 1. The molecule has 1 aliphatic heterocycles. The molecule has 0 radical (unpaired) electrons. The smallest absolute Gasteiger partial charge is 0.248 e. The molecule has 0 aliphatic carbocycles. The summed E-state index contributed by atoms with van der Waals surface area (Å²) in [5, 5.41) is 1.69. The zero-order chi connectivity index (χ0) is 13.9. The summed E-state index contributed by atoms with van der Waals surface area (Å²) in [5.74, 6) is -0.463. The number of nitrogens with zero attached hydrogens (tertiary/aromatic N) is 1. The molecule has 2 aromatic carbocycles. The van der Waals surface area contributed by atoms with E-state index in [1.165, 1.54) is 6.26 Å². The number of hydrogen-bond acceptors (Lipinski definition) is 4. The summed E-state index contributed by atoms with van der Waals surface area (Å²) in [6.45, 7) is 0. The average molecular weight is 267 g/mol. The lowest BCUT2D eigenvalue weighted by Gasteiger charge is -2.19. The van der Waals surface area contributed by atoms with Gasteiger partial charge in [-0.25, -0.2) is 5.01 Å². The highest BCUT2D eigenvalue weighted by Gasteiger charge is 2.16. The van der Waals surface area contributed by atoms with Crippen LogP contribution in [0.3, 0.4) is 0 Å². The van der Waals surface area contributed by atoms with Crippen molar-refractivity contribution in [2.24, 2.45) is 5.73 Å². The Morgan fingerprint density at radius 3 is 2.60 bits per heavy atom. The van der Waals surface area contributed by atoms with Crippen LogP contribution in [0.15, 0.2) is 61.0 Å². The highest BCUT2D eigenvalue weighted by molar-refractivity contribution is 5.96. The maximum Gasteiger partial charge on any atom is 0.248 e. The molecule has 0 saturated heterocycles. The quantitative estimate of drug-likeness (QED) is 0.894. The summed E-state index contributed by atoms with van der Waals surface area (Å²) in [6, 6.07) is 15.2. The van der Waals surface area contributed by atoms with E-state index in [1.54, 1.807) is 23.3 Å². The first-order valence-electron chi connectivity index (χ1n) is 6.12. The Kier molecular flexibility index (Phi) is 3.10. The van der Waals surface area contributed by atoms with Gasteiger partial charge in [-0.2, -0.15) is 0 Å². The number of rotatable bonds is 3. The van der Waals surface area contributed by atoms with E-state index in [0.717, 1.165) is 16.8 Å². The van der Waals surface area contributed by atoms with Gasteiger partial charge in [0.2, 0.25) is 5.91 Å². The predicted octanol–water partition coefficient (Wildman–Crippen LogP) is 2.18. The van der Waals surface area contributed by atoms with Gasteiger partial charge in [0.15, 0.2) is 0 Å². The third-order valence-corrected chi connectivity index (χ3v) is 3.06. The minimum atomic E-state index is -0.463. The predicted molar refractivity (Wildman–Crippen MR) is 76.2 cm³/mol. The second kappa shape index (κ2) is 5.07. The first kappa shape index (κ1) is 12.3. The molecule has 20 heavy (non-hydrogen) atoms. The van der Waals surface area contributed by atoms with E-state index in [1.807, 2.05) is 36.4 Å². The number of amides is 1. The number of benzene rings is 2. The molecule has 0 unspecified atom stereocenters. The van der Waals surface area contributed by atoms with Crippen LogP contribution < -0.4 is 16.3 Å². The molecule has 2 aromatic rings. The number of carbonyl (C=O) groups excluding carboxylic acids is 1. The van der Waals surface area contributed by atoms with Gasteiger partial charge < -0.3 is 10.6 Å². The van der Waals surface area contributed by atoms with E-state index in [4.69, 9.17) is 10.6 Å².